The van der Waals surface area contributed by atoms with Crippen LogP contribution in [0.1, 0.15) is 13.8 Å². The van der Waals surface area contributed by atoms with Crippen LogP contribution in [0.5, 0.6) is 5.75 Å². The maximum Gasteiger partial charge on any atom is 0.334 e. The minimum Gasteiger partial charge on any atom is -0.463 e. The van der Waals surface area contributed by atoms with Crippen molar-refractivity contribution in [1.82, 2.24) is 0 Å². The lowest BCUT2D eigenvalue weighted by Gasteiger charge is -2.05. The van der Waals surface area contributed by atoms with Crippen LogP contribution in [0.25, 0.3) is 0 Å². The zero-order chi connectivity index (χ0) is 12.0. The summed E-state index contributed by atoms with van der Waals surface area (Å²) in [4.78, 5) is 11.1. The molecule has 0 aliphatic rings. The van der Waals surface area contributed by atoms with E-state index in [1.165, 1.54) is 24.3 Å². The summed E-state index contributed by atoms with van der Waals surface area (Å²) >= 11 is 0. The minimum atomic E-state index is -0.476. The molecule has 0 saturated heterocycles. The molecule has 0 heterocycles. The number of benzene rings is 1. The molecule has 0 bridgehead atoms. The predicted molar refractivity (Wildman–Crippen MR) is 57.4 cm³/mol. The molecule has 0 unspecified atom stereocenters. The van der Waals surface area contributed by atoms with Gasteiger partial charge in [0.25, 0.3) is 0 Å². The molecule has 1 aromatic rings. The van der Waals surface area contributed by atoms with Crippen molar-refractivity contribution >= 4 is 5.97 Å². The molecule has 16 heavy (non-hydrogen) atoms. The maximum atomic E-state index is 12.8. The fraction of sp³-hybridized carbons (Fsp3) is 0.250. The number of ether oxygens (including phenoxy) is 2. The molecule has 0 spiro atoms. The number of rotatable bonds is 4. The number of hydrogen-bond donors (Lipinski definition) is 0. The van der Waals surface area contributed by atoms with E-state index in [0.29, 0.717) is 18.1 Å². The van der Waals surface area contributed by atoms with Crippen molar-refractivity contribution in [2.45, 2.75) is 13.8 Å². The summed E-state index contributed by atoms with van der Waals surface area (Å²) in [6.45, 7) is 3.62. The first-order valence-electron chi connectivity index (χ1n) is 4.90. The monoisotopic (exact) mass is 224 g/mol. The number of halogens is 1. The van der Waals surface area contributed by atoms with E-state index >= 15 is 0 Å². The van der Waals surface area contributed by atoms with Gasteiger partial charge in [-0.25, -0.2) is 9.18 Å². The van der Waals surface area contributed by atoms with Gasteiger partial charge in [0.1, 0.15) is 17.3 Å². The molecule has 0 aliphatic heterocycles. The average molecular weight is 224 g/mol. The van der Waals surface area contributed by atoms with E-state index in [4.69, 9.17) is 9.47 Å². The van der Waals surface area contributed by atoms with Crippen LogP contribution in [0.4, 0.5) is 4.39 Å². The second-order valence-corrected chi connectivity index (χ2v) is 3.07. The van der Waals surface area contributed by atoms with Gasteiger partial charge in [0.05, 0.1) is 12.7 Å². The summed E-state index contributed by atoms with van der Waals surface area (Å²) in [5, 5.41) is 0. The molecule has 0 atom stereocenters. The topological polar surface area (TPSA) is 35.5 Å². The summed E-state index contributed by atoms with van der Waals surface area (Å²) in [7, 11) is 0. The zero-order valence-corrected chi connectivity index (χ0v) is 9.20. The van der Waals surface area contributed by atoms with Crippen LogP contribution in [-0.4, -0.2) is 12.6 Å². The van der Waals surface area contributed by atoms with E-state index < -0.39 is 5.97 Å². The highest BCUT2D eigenvalue weighted by Crippen LogP contribution is 2.14. The Labute approximate surface area is 93.5 Å². The van der Waals surface area contributed by atoms with Gasteiger partial charge < -0.3 is 9.47 Å². The van der Waals surface area contributed by atoms with Crippen LogP contribution in [-0.2, 0) is 9.53 Å². The summed E-state index contributed by atoms with van der Waals surface area (Å²) in [5.41, 5.74) is 0. The van der Waals surface area contributed by atoms with Crippen molar-refractivity contribution in [2.24, 2.45) is 0 Å². The number of allylic oxidation sites excluding steroid dienone is 1. The van der Waals surface area contributed by atoms with Gasteiger partial charge in [-0.15, -0.1) is 0 Å². The van der Waals surface area contributed by atoms with Gasteiger partial charge in [-0.1, -0.05) is 6.07 Å². The zero-order valence-electron chi connectivity index (χ0n) is 9.20. The van der Waals surface area contributed by atoms with Crippen molar-refractivity contribution in [1.29, 1.82) is 0 Å². The Kier molecular flexibility index (Phi) is 4.51. The van der Waals surface area contributed by atoms with Gasteiger partial charge in [-0.3, -0.25) is 0 Å². The normalized spacial score (nSPS) is 11.1. The van der Waals surface area contributed by atoms with E-state index in [1.807, 2.05) is 0 Å². The fourth-order valence-electron chi connectivity index (χ4n) is 1.10. The van der Waals surface area contributed by atoms with Gasteiger partial charge in [-0.2, -0.15) is 0 Å². The van der Waals surface area contributed by atoms with Gasteiger partial charge >= 0.3 is 5.97 Å². The Hall–Kier alpha value is -1.84. The first kappa shape index (κ1) is 12.2. The van der Waals surface area contributed by atoms with Crippen molar-refractivity contribution in [3.05, 3.63) is 41.9 Å². The van der Waals surface area contributed by atoms with E-state index in [-0.39, 0.29) is 5.82 Å². The predicted octanol–water partition coefficient (Wildman–Crippen LogP) is 2.67. The number of carbonyl (C=O) groups excluding carboxylic acids is 1. The van der Waals surface area contributed by atoms with Crippen LogP contribution in [0, 0.1) is 5.82 Å². The third-order valence-corrected chi connectivity index (χ3v) is 1.68. The van der Waals surface area contributed by atoms with Crippen molar-refractivity contribution in [3.63, 3.8) is 0 Å². The Morgan fingerprint density at radius 1 is 1.50 bits per heavy atom. The van der Waals surface area contributed by atoms with Crippen LogP contribution in [0.15, 0.2) is 36.1 Å². The quantitative estimate of drug-likeness (QED) is 0.448. The number of hydrogen-bond acceptors (Lipinski definition) is 3. The third-order valence-electron chi connectivity index (χ3n) is 1.68. The maximum absolute atomic E-state index is 12.8. The second-order valence-electron chi connectivity index (χ2n) is 3.07. The molecule has 1 aromatic carbocycles. The lowest BCUT2D eigenvalue weighted by atomic mass is 10.3. The van der Waals surface area contributed by atoms with E-state index in [0.717, 1.165) is 0 Å². The Balaban J connectivity index is 2.63. The summed E-state index contributed by atoms with van der Waals surface area (Å²) in [5.74, 6) is -0.167. The first-order valence-corrected chi connectivity index (χ1v) is 4.90. The highest BCUT2D eigenvalue weighted by molar-refractivity contribution is 5.82. The molecule has 0 amide bonds. The molecule has 0 saturated carbocycles. The molecule has 0 fully saturated rings. The van der Waals surface area contributed by atoms with Gasteiger partial charge in [0.15, 0.2) is 0 Å². The van der Waals surface area contributed by atoms with Gasteiger partial charge in [-0.05, 0) is 26.0 Å². The number of esters is 1. The van der Waals surface area contributed by atoms with Crippen LogP contribution in [0.3, 0.4) is 0 Å². The molecular formula is C12H13FO3. The van der Waals surface area contributed by atoms with Crippen LogP contribution >= 0.6 is 0 Å². The lowest BCUT2D eigenvalue weighted by Crippen LogP contribution is -2.02. The Bertz CT molecular complexity index is 399. The van der Waals surface area contributed by atoms with E-state index in [9.17, 15) is 9.18 Å². The second kappa shape index (κ2) is 5.90. The van der Waals surface area contributed by atoms with Crippen LogP contribution < -0.4 is 4.74 Å². The summed E-state index contributed by atoms with van der Waals surface area (Å²) < 4.78 is 22.7. The summed E-state index contributed by atoms with van der Waals surface area (Å²) in [6.07, 6.45) is 1.22. The molecular weight excluding hydrogens is 211 g/mol. The lowest BCUT2D eigenvalue weighted by molar-refractivity contribution is -0.137. The molecule has 0 radical (unpaired) electrons. The molecule has 3 nitrogen and oxygen atoms in total. The Morgan fingerprint density at radius 2 is 2.25 bits per heavy atom. The molecule has 0 N–H and O–H groups in total. The molecule has 1 rings (SSSR count). The van der Waals surface area contributed by atoms with E-state index in [1.54, 1.807) is 19.9 Å². The highest BCUT2D eigenvalue weighted by atomic mass is 19.1. The van der Waals surface area contributed by atoms with Crippen LogP contribution in [0.2, 0.25) is 0 Å². The highest BCUT2D eigenvalue weighted by Gasteiger charge is 2.01. The standard InChI is InChI=1S/C12H13FO3/c1-3-15-12(14)7-9(2)16-11-6-4-5-10(13)8-11/h4-8H,3H2,1-2H3. The third kappa shape index (κ3) is 4.13. The van der Waals surface area contributed by atoms with Gasteiger partial charge in [0.2, 0.25) is 0 Å². The summed E-state index contributed by atoms with van der Waals surface area (Å²) in [6, 6.07) is 5.69. The SMILES string of the molecule is CCOC(=O)C=C(C)Oc1cccc(F)c1. The minimum absolute atomic E-state index is 0.308. The van der Waals surface area contributed by atoms with Crippen molar-refractivity contribution in [3.8, 4) is 5.75 Å². The molecule has 0 aromatic heterocycles. The van der Waals surface area contributed by atoms with Crippen molar-refractivity contribution in [2.75, 3.05) is 6.61 Å². The smallest absolute Gasteiger partial charge is 0.334 e. The molecule has 86 valence electrons. The molecule has 0 aliphatic carbocycles. The largest absolute Gasteiger partial charge is 0.463 e. The van der Waals surface area contributed by atoms with Crippen molar-refractivity contribution < 1.29 is 18.7 Å². The fourth-order valence-corrected chi connectivity index (χ4v) is 1.10. The first-order chi connectivity index (χ1) is 7.61. The average Bonchev–Trinajstić information content (AvgIpc) is 2.17. The Morgan fingerprint density at radius 3 is 2.88 bits per heavy atom. The molecule has 4 heteroatoms. The van der Waals surface area contributed by atoms with Gasteiger partial charge in [0, 0.05) is 6.07 Å². The van der Waals surface area contributed by atoms with E-state index in [2.05, 4.69) is 0 Å². The number of carbonyl (C=O) groups is 1.